The molecule has 0 atom stereocenters. The van der Waals surface area contributed by atoms with Gasteiger partial charge in [-0.25, -0.2) is 9.97 Å². The molecular formula is C16H28N4. The van der Waals surface area contributed by atoms with E-state index in [0.29, 0.717) is 5.41 Å². The first kappa shape index (κ1) is 15.1. The van der Waals surface area contributed by atoms with Crippen LogP contribution in [-0.4, -0.2) is 29.6 Å². The molecule has 0 unspecified atom stereocenters. The maximum Gasteiger partial charge on any atom is 0.137 e. The van der Waals surface area contributed by atoms with Gasteiger partial charge in [-0.3, -0.25) is 0 Å². The molecule has 0 spiro atoms. The van der Waals surface area contributed by atoms with Crippen LogP contribution in [0.4, 0.5) is 11.6 Å². The number of hydrogen-bond donors (Lipinski definition) is 1. The first-order valence-corrected chi connectivity index (χ1v) is 7.77. The van der Waals surface area contributed by atoms with Crippen LogP contribution in [-0.2, 0) is 0 Å². The smallest absolute Gasteiger partial charge is 0.137 e. The molecule has 0 aromatic carbocycles. The Kier molecular flexibility index (Phi) is 4.51. The number of hydrogen-bond acceptors (Lipinski definition) is 4. The number of aromatic nitrogens is 2. The maximum absolute atomic E-state index is 4.69. The molecule has 0 saturated carbocycles. The lowest BCUT2D eigenvalue weighted by molar-refractivity contribution is 0.279. The molecule has 1 fully saturated rings. The molecule has 0 bridgehead atoms. The third kappa shape index (κ3) is 3.41. The Hall–Kier alpha value is -1.32. The molecule has 4 heteroatoms. The van der Waals surface area contributed by atoms with Crippen molar-refractivity contribution >= 4 is 11.6 Å². The zero-order chi connectivity index (χ0) is 14.8. The van der Waals surface area contributed by atoms with E-state index in [-0.39, 0.29) is 0 Å². The Morgan fingerprint density at radius 3 is 2.40 bits per heavy atom. The fourth-order valence-corrected chi connectivity index (χ4v) is 2.66. The fraction of sp³-hybridized carbons (Fsp3) is 0.750. The highest BCUT2D eigenvalue weighted by atomic mass is 15.2. The second-order valence-electron chi connectivity index (χ2n) is 6.65. The zero-order valence-corrected chi connectivity index (χ0v) is 13.6. The molecule has 1 aliphatic rings. The standard InChI is InChI=1S/C16H28N4/c1-6-9-17-14-12(2)15(19-13(3)18-14)20-10-7-16(4,5)8-11-20/h6-11H2,1-5H3,(H,17,18,19). The predicted molar refractivity (Wildman–Crippen MR) is 85.5 cm³/mol. The van der Waals surface area contributed by atoms with Gasteiger partial charge in [0.2, 0.25) is 0 Å². The summed E-state index contributed by atoms with van der Waals surface area (Å²) in [5.74, 6) is 2.97. The summed E-state index contributed by atoms with van der Waals surface area (Å²) in [7, 11) is 0. The Bertz CT molecular complexity index is 458. The van der Waals surface area contributed by atoms with Gasteiger partial charge < -0.3 is 10.2 Å². The normalized spacial score (nSPS) is 18.1. The summed E-state index contributed by atoms with van der Waals surface area (Å²) in [5, 5.41) is 3.42. The van der Waals surface area contributed by atoms with Gasteiger partial charge in [0, 0.05) is 25.2 Å². The van der Waals surface area contributed by atoms with Crippen LogP contribution in [0.2, 0.25) is 0 Å². The summed E-state index contributed by atoms with van der Waals surface area (Å²) in [6, 6.07) is 0. The molecule has 2 heterocycles. The van der Waals surface area contributed by atoms with Gasteiger partial charge in [-0.05, 0) is 38.5 Å². The summed E-state index contributed by atoms with van der Waals surface area (Å²) in [6.45, 7) is 14.1. The van der Waals surface area contributed by atoms with Crippen molar-refractivity contribution in [2.75, 3.05) is 29.9 Å². The van der Waals surface area contributed by atoms with Gasteiger partial charge in [-0.2, -0.15) is 0 Å². The van der Waals surface area contributed by atoms with E-state index in [9.17, 15) is 0 Å². The molecule has 0 radical (unpaired) electrons. The lowest BCUT2D eigenvalue weighted by Crippen LogP contribution is -2.38. The highest BCUT2D eigenvalue weighted by Gasteiger charge is 2.27. The minimum atomic E-state index is 0.468. The van der Waals surface area contributed by atoms with Crippen LogP contribution in [0.3, 0.4) is 0 Å². The zero-order valence-electron chi connectivity index (χ0n) is 13.6. The Morgan fingerprint density at radius 1 is 1.15 bits per heavy atom. The number of rotatable bonds is 4. The van der Waals surface area contributed by atoms with Crippen LogP contribution in [0.15, 0.2) is 0 Å². The van der Waals surface area contributed by atoms with Crippen molar-refractivity contribution < 1.29 is 0 Å². The van der Waals surface area contributed by atoms with E-state index in [0.717, 1.165) is 43.5 Å². The number of anilines is 2. The number of nitrogens with zero attached hydrogens (tertiary/aromatic N) is 3. The monoisotopic (exact) mass is 276 g/mol. The van der Waals surface area contributed by atoms with Crippen LogP contribution in [0.5, 0.6) is 0 Å². The molecule has 0 amide bonds. The number of aryl methyl sites for hydroxylation is 1. The summed E-state index contributed by atoms with van der Waals surface area (Å²) < 4.78 is 0. The van der Waals surface area contributed by atoms with Crippen molar-refractivity contribution in [1.82, 2.24) is 9.97 Å². The first-order valence-electron chi connectivity index (χ1n) is 7.77. The molecule has 1 aliphatic heterocycles. The topological polar surface area (TPSA) is 41.1 Å². The van der Waals surface area contributed by atoms with E-state index in [1.54, 1.807) is 0 Å². The fourth-order valence-electron chi connectivity index (χ4n) is 2.66. The van der Waals surface area contributed by atoms with Crippen molar-refractivity contribution in [3.63, 3.8) is 0 Å². The molecule has 4 nitrogen and oxygen atoms in total. The van der Waals surface area contributed by atoms with Crippen molar-refractivity contribution in [3.05, 3.63) is 11.4 Å². The van der Waals surface area contributed by atoms with Crippen LogP contribution in [0.1, 0.15) is 51.4 Å². The predicted octanol–water partition coefficient (Wildman–Crippen LogP) is 3.54. The van der Waals surface area contributed by atoms with Gasteiger partial charge in [0.05, 0.1) is 0 Å². The minimum absolute atomic E-state index is 0.468. The van der Waals surface area contributed by atoms with E-state index in [1.165, 1.54) is 18.4 Å². The van der Waals surface area contributed by atoms with E-state index in [4.69, 9.17) is 0 Å². The second kappa shape index (κ2) is 5.98. The molecule has 20 heavy (non-hydrogen) atoms. The Morgan fingerprint density at radius 2 is 1.80 bits per heavy atom. The number of nitrogens with one attached hydrogen (secondary N) is 1. The molecular weight excluding hydrogens is 248 g/mol. The summed E-state index contributed by atoms with van der Waals surface area (Å²) in [6.07, 6.45) is 3.57. The summed E-state index contributed by atoms with van der Waals surface area (Å²) >= 11 is 0. The molecule has 1 N–H and O–H groups in total. The van der Waals surface area contributed by atoms with Crippen molar-refractivity contribution in [2.24, 2.45) is 5.41 Å². The van der Waals surface area contributed by atoms with Gasteiger partial charge in [0.1, 0.15) is 17.5 Å². The van der Waals surface area contributed by atoms with Crippen LogP contribution in [0, 0.1) is 19.3 Å². The Labute approximate surface area is 123 Å². The van der Waals surface area contributed by atoms with E-state index < -0.39 is 0 Å². The van der Waals surface area contributed by atoms with Gasteiger partial charge in [-0.15, -0.1) is 0 Å². The third-order valence-electron chi connectivity index (χ3n) is 4.19. The molecule has 112 valence electrons. The Balaban J connectivity index is 2.21. The lowest BCUT2D eigenvalue weighted by atomic mass is 9.82. The highest BCUT2D eigenvalue weighted by Crippen LogP contribution is 2.33. The third-order valence-corrected chi connectivity index (χ3v) is 4.19. The van der Waals surface area contributed by atoms with E-state index in [1.807, 2.05) is 6.92 Å². The summed E-state index contributed by atoms with van der Waals surface area (Å²) in [5.41, 5.74) is 1.65. The van der Waals surface area contributed by atoms with Gasteiger partial charge in [0.15, 0.2) is 0 Å². The van der Waals surface area contributed by atoms with Gasteiger partial charge >= 0.3 is 0 Å². The van der Waals surface area contributed by atoms with Crippen LogP contribution in [0.25, 0.3) is 0 Å². The average molecular weight is 276 g/mol. The highest BCUT2D eigenvalue weighted by molar-refractivity contribution is 5.58. The number of piperidine rings is 1. The molecule has 0 aliphatic carbocycles. The summed E-state index contributed by atoms with van der Waals surface area (Å²) in [4.78, 5) is 11.7. The molecule has 1 aromatic heterocycles. The van der Waals surface area contributed by atoms with Crippen molar-refractivity contribution in [2.45, 2.75) is 53.9 Å². The lowest BCUT2D eigenvalue weighted by Gasteiger charge is -2.38. The van der Waals surface area contributed by atoms with Gasteiger partial charge in [0.25, 0.3) is 0 Å². The van der Waals surface area contributed by atoms with Crippen molar-refractivity contribution in [3.8, 4) is 0 Å². The average Bonchev–Trinajstić information content (AvgIpc) is 2.39. The first-order chi connectivity index (χ1) is 9.43. The quantitative estimate of drug-likeness (QED) is 0.913. The van der Waals surface area contributed by atoms with Crippen LogP contribution < -0.4 is 10.2 Å². The van der Waals surface area contributed by atoms with E-state index >= 15 is 0 Å². The van der Waals surface area contributed by atoms with E-state index in [2.05, 4.69) is 47.9 Å². The maximum atomic E-state index is 4.69. The van der Waals surface area contributed by atoms with Crippen molar-refractivity contribution in [1.29, 1.82) is 0 Å². The van der Waals surface area contributed by atoms with Crippen LogP contribution >= 0.6 is 0 Å². The molecule has 2 rings (SSSR count). The second-order valence-corrected chi connectivity index (χ2v) is 6.65. The minimum Gasteiger partial charge on any atom is -0.370 e. The van der Waals surface area contributed by atoms with Gasteiger partial charge in [-0.1, -0.05) is 20.8 Å². The molecule has 1 aromatic rings. The largest absolute Gasteiger partial charge is 0.370 e. The molecule has 1 saturated heterocycles. The SMILES string of the molecule is CCCNc1nc(C)nc(N2CCC(C)(C)CC2)c1C.